The first kappa shape index (κ1) is 11.6. The number of nitrogens with zero attached hydrogens (tertiary/aromatic N) is 2. The third kappa shape index (κ3) is 2.00. The highest BCUT2D eigenvalue weighted by Gasteiger charge is 2.11. The molecule has 0 fully saturated rings. The average molecular weight is 228 g/mol. The van der Waals surface area contributed by atoms with Crippen molar-refractivity contribution in [2.24, 2.45) is 7.05 Å². The van der Waals surface area contributed by atoms with Gasteiger partial charge in [-0.2, -0.15) is 5.10 Å². The lowest BCUT2D eigenvalue weighted by molar-refractivity contribution is 0.111. The van der Waals surface area contributed by atoms with Gasteiger partial charge in [0.15, 0.2) is 6.29 Å². The van der Waals surface area contributed by atoms with E-state index in [-0.39, 0.29) is 0 Å². The van der Waals surface area contributed by atoms with Gasteiger partial charge >= 0.3 is 0 Å². The standard InChI is InChI=1S/C14H16N2O/c1-9-5-10(2)14(11(3)6-9)13-7-12(8-17)16(4)15-13/h5-8H,1-4H3. The third-order valence-electron chi connectivity index (χ3n) is 2.97. The van der Waals surface area contributed by atoms with Gasteiger partial charge in [-0.1, -0.05) is 17.7 Å². The Morgan fingerprint density at radius 1 is 1.12 bits per heavy atom. The fourth-order valence-electron chi connectivity index (χ4n) is 2.30. The topological polar surface area (TPSA) is 34.9 Å². The van der Waals surface area contributed by atoms with Crippen LogP contribution in [0.15, 0.2) is 18.2 Å². The average Bonchev–Trinajstić information content (AvgIpc) is 2.57. The van der Waals surface area contributed by atoms with Crippen LogP contribution in [0.25, 0.3) is 11.3 Å². The lowest BCUT2D eigenvalue weighted by atomic mass is 9.97. The smallest absolute Gasteiger partial charge is 0.168 e. The van der Waals surface area contributed by atoms with Gasteiger partial charge in [-0.3, -0.25) is 9.48 Å². The fourth-order valence-corrected chi connectivity index (χ4v) is 2.30. The van der Waals surface area contributed by atoms with E-state index in [2.05, 4.69) is 38.0 Å². The van der Waals surface area contributed by atoms with Crippen LogP contribution in [0.3, 0.4) is 0 Å². The van der Waals surface area contributed by atoms with E-state index < -0.39 is 0 Å². The van der Waals surface area contributed by atoms with Crippen molar-refractivity contribution in [3.05, 3.63) is 40.6 Å². The molecule has 0 aliphatic rings. The lowest BCUT2D eigenvalue weighted by Crippen LogP contribution is -1.96. The first-order valence-corrected chi connectivity index (χ1v) is 5.60. The van der Waals surface area contributed by atoms with Gasteiger partial charge in [-0.25, -0.2) is 0 Å². The Morgan fingerprint density at radius 3 is 2.18 bits per heavy atom. The van der Waals surface area contributed by atoms with Crippen molar-refractivity contribution >= 4 is 6.29 Å². The highest BCUT2D eigenvalue weighted by molar-refractivity contribution is 5.77. The summed E-state index contributed by atoms with van der Waals surface area (Å²) in [6.07, 6.45) is 0.829. The lowest BCUT2D eigenvalue weighted by Gasteiger charge is -2.08. The molecule has 0 saturated carbocycles. The Hall–Kier alpha value is -1.90. The Morgan fingerprint density at radius 2 is 1.71 bits per heavy atom. The summed E-state index contributed by atoms with van der Waals surface area (Å²) in [5, 5.41) is 4.39. The van der Waals surface area contributed by atoms with Gasteiger partial charge in [0.1, 0.15) is 5.69 Å². The number of hydrogen-bond donors (Lipinski definition) is 0. The van der Waals surface area contributed by atoms with E-state index in [1.54, 1.807) is 11.7 Å². The molecule has 0 radical (unpaired) electrons. The molecule has 3 heteroatoms. The van der Waals surface area contributed by atoms with Crippen molar-refractivity contribution in [3.8, 4) is 11.3 Å². The summed E-state index contributed by atoms with van der Waals surface area (Å²) in [6.45, 7) is 6.23. The molecule has 1 heterocycles. The zero-order valence-electron chi connectivity index (χ0n) is 10.6. The van der Waals surface area contributed by atoms with Crippen molar-refractivity contribution in [2.45, 2.75) is 20.8 Å². The normalized spacial score (nSPS) is 10.6. The second-order valence-corrected chi connectivity index (χ2v) is 4.47. The van der Waals surface area contributed by atoms with Crippen molar-refractivity contribution < 1.29 is 4.79 Å². The Balaban J connectivity index is 2.64. The Bertz CT molecular complexity index is 559. The summed E-state index contributed by atoms with van der Waals surface area (Å²) in [4.78, 5) is 10.8. The minimum absolute atomic E-state index is 0.597. The predicted octanol–water partition coefficient (Wildman–Crippen LogP) is 2.82. The molecule has 0 bridgehead atoms. The SMILES string of the molecule is Cc1cc(C)c(-c2cc(C=O)n(C)n2)c(C)c1. The van der Waals surface area contributed by atoms with E-state index >= 15 is 0 Å². The summed E-state index contributed by atoms with van der Waals surface area (Å²) >= 11 is 0. The second kappa shape index (κ2) is 4.17. The molecule has 0 aliphatic carbocycles. The van der Waals surface area contributed by atoms with Gasteiger partial charge in [0.25, 0.3) is 0 Å². The zero-order chi connectivity index (χ0) is 12.6. The highest BCUT2D eigenvalue weighted by atomic mass is 16.1. The number of hydrogen-bond acceptors (Lipinski definition) is 2. The Kier molecular flexibility index (Phi) is 2.84. The minimum Gasteiger partial charge on any atom is -0.296 e. The monoisotopic (exact) mass is 228 g/mol. The molecule has 0 saturated heterocycles. The van der Waals surface area contributed by atoms with Crippen LogP contribution in [-0.4, -0.2) is 16.1 Å². The summed E-state index contributed by atoms with van der Waals surface area (Å²) in [7, 11) is 1.78. The molecule has 0 amide bonds. The van der Waals surface area contributed by atoms with E-state index in [1.807, 2.05) is 6.07 Å². The number of aryl methyl sites for hydroxylation is 4. The number of aromatic nitrogens is 2. The molecule has 1 aromatic heterocycles. The van der Waals surface area contributed by atoms with Gasteiger partial charge < -0.3 is 0 Å². The van der Waals surface area contributed by atoms with Crippen LogP contribution in [0.1, 0.15) is 27.2 Å². The molecule has 2 aromatic rings. The quantitative estimate of drug-likeness (QED) is 0.741. The molecule has 0 atom stereocenters. The molecule has 88 valence electrons. The van der Waals surface area contributed by atoms with E-state index in [9.17, 15) is 4.79 Å². The molecule has 2 rings (SSSR count). The molecule has 0 spiro atoms. The van der Waals surface area contributed by atoms with Gasteiger partial charge in [-0.15, -0.1) is 0 Å². The molecule has 0 N–H and O–H groups in total. The predicted molar refractivity (Wildman–Crippen MR) is 68.2 cm³/mol. The number of carbonyl (C=O) groups excluding carboxylic acids is 1. The van der Waals surface area contributed by atoms with Crippen molar-refractivity contribution in [1.29, 1.82) is 0 Å². The van der Waals surface area contributed by atoms with Gasteiger partial charge in [0.2, 0.25) is 0 Å². The van der Waals surface area contributed by atoms with E-state index in [0.717, 1.165) is 17.5 Å². The highest BCUT2D eigenvalue weighted by Crippen LogP contribution is 2.27. The maximum absolute atomic E-state index is 10.8. The molecular formula is C14H16N2O. The largest absolute Gasteiger partial charge is 0.296 e. The maximum atomic E-state index is 10.8. The molecular weight excluding hydrogens is 212 g/mol. The van der Waals surface area contributed by atoms with Crippen molar-refractivity contribution in [3.63, 3.8) is 0 Å². The number of carbonyl (C=O) groups is 1. The van der Waals surface area contributed by atoms with Crippen LogP contribution in [-0.2, 0) is 7.05 Å². The summed E-state index contributed by atoms with van der Waals surface area (Å²) in [6, 6.07) is 6.10. The number of rotatable bonds is 2. The first-order valence-electron chi connectivity index (χ1n) is 5.60. The van der Waals surface area contributed by atoms with E-state index in [1.165, 1.54) is 16.7 Å². The molecule has 17 heavy (non-hydrogen) atoms. The third-order valence-corrected chi connectivity index (χ3v) is 2.97. The van der Waals surface area contributed by atoms with Crippen LogP contribution in [0.5, 0.6) is 0 Å². The summed E-state index contributed by atoms with van der Waals surface area (Å²) in [5.41, 5.74) is 6.22. The van der Waals surface area contributed by atoms with Crippen LogP contribution in [0, 0.1) is 20.8 Å². The fraction of sp³-hybridized carbons (Fsp3) is 0.286. The molecule has 1 aromatic carbocycles. The van der Waals surface area contributed by atoms with Gasteiger partial charge in [-0.05, 0) is 38.0 Å². The number of benzene rings is 1. The second-order valence-electron chi connectivity index (χ2n) is 4.47. The summed E-state index contributed by atoms with van der Waals surface area (Å²) < 4.78 is 1.61. The molecule has 0 unspecified atom stereocenters. The zero-order valence-corrected chi connectivity index (χ0v) is 10.6. The van der Waals surface area contributed by atoms with Crippen LogP contribution >= 0.6 is 0 Å². The molecule has 0 aliphatic heterocycles. The van der Waals surface area contributed by atoms with Gasteiger partial charge in [0.05, 0.1) is 5.69 Å². The van der Waals surface area contributed by atoms with Crippen LogP contribution in [0.4, 0.5) is 0 Å². The molecule has 3 nitrogen and oxygen atoms in total. The number of aldehydes is 1. The van der Waals surface area contributed by atoms with E-state index in [0.29, 0.717) is 5.69 Å². The first-order chi connectivity index (χ1) is 8.02. The van der Waals surface area contributed by atoms with Gasteiger partial charge in [0, 0.05) is 12.6 Å². The van der Waals surface area contributed by atoms with E-state index in [4.69, 9.17) is 0 Å². The minimum atomic E-state index is 0.597. The van der Waals surface area contributed by atoms with Crippen LogP contribution in [0.2, 0.25) is 0 Å². The Labute approximate surface area is 101 Å². The summed E-state index contributed by atoms with van der Waals surface area (Å²) in [5.74, 6) is 0. The van der Waals surface area contributed by atoms with Crippen molar-refractivity contribution in [2.75, 3.05) is 0 Å². The maximum Gasteiger partial charge on any atom is 0.168 e. The van der Waals surface area contributed by atoms with Crippen molar-refractivity contribution in [1.82, 2.24) is 9.78 Å². The van der Waals surface area contributed by atoms with Crippen LogP contribution < -0.4 is 0 Å².